The summed E-state index contributed by atoms with van der Waals surface area (Å²) >= 11 is 5.80. The number of ether oxygens (including phenoxy) is 1. The molecule has 0 aliphatic rings. The Hall–Kier alpha value is -3.07. The van der Waals surface area contributed by atoms with Crippen LogP contribution in [0.1, 0.15) is 36.2 Å². The van der Waals surface area contributed by atoms with Gasteiger partial charge in [-0.2, -0.15) is 13.2 Å². The van der Waals surface area contributed by atoms with E-state index in [0.717, 1.165) is 12.1 Å². The van der Waals surface area contributed by atoms with Crippen molar-refractivity contribution in [2.45, 2.75) is 32.5 Å². The molecule has 0 aromatic heterocycles. The molecule has 0 fully saturated rings. The quantitative estimate of drug-likeness (QED) is 0.548. The van der Waals surface area contributed by atoms with Gasteiger partial charge in [0.25, 0.3) is 11.8 Å². The molecule has 0 aliphatic carbocycles. The van der Waals surface area contributed by atoms with Gasteiger partial charge in [-0.15, -0.1) is 0 Å². The van der Waals surface area contributed by atoms with Gasteiger partial charge in [0.05, 0.1) is 11.3 Å². The molecular weight excluding hydrogens is 449 g/mol. The summed E-state index contributed by atoms with van der Waals surface area (Å²) in [5.41, 5.74) is -1.19. The van der Waals surface area contributed by atoms with Crippen molar-refractivity contribution in [3.05, 3.63) is 64.7 Å². The molecule has 0 saturated carbocycles. The van der Waals surface area contributed by atoms with Gasteiger partial charge in [-0.05, 0) is 48.7 Å². The van der Waals surface area contributed by atoms with Gasteiger partial charge in [0.1, 0.15) is 6.04 Å². The Morgan fingerprint density at radius 2 is 1.66 bits per heavy atom. The van der Waals surface area contributed by atoms with Crippen LogP contribution in [0.5, 0.6) is 0 Å². The Morgan fingerprint density at radius 1 is 1.03 bits per heavy atom. The smallest absolute Gasteiger partial charge is 0.418 e. The molecule has 2 aromatic carbocycles. The maximum Gasteiger partial charge on any atom is 0.418 e. The van der Waals surface area contributed by atoms with E-state index in [-0.39, 0.29) is 17.9 Å². The van der Waals surface area contributed by atoms with Crippen LogP contribution < -0.4 is 10.6 Å². The molecule has 172 valence electrons. The summed E-state index contributed by atoms with van der Waals surface area (Å²) < 4.78 is 44.1. The number of amides is 2. The zero-order valence-electron chi connectivity index (χ0n) is 17.3. The number of benzene rings is 2. The van der Waals surface area contributed by atoms with Crippen molar-refractivity contribution in [1.82, 2.24) is 5.32 Å². The largest absolute Gasteiger partial charge is 0.454 e. The number of rotatable bonds is 8. The Kier molecular flexibility index (Phi) is 8.65. The van der Waals surface area contributed by atoms with Crippen molar-refractivity contribution >= 4 is 35.1 Å². The Balaban J connectivity index is 2.00. The topological polar surface area (TPSA) is 84.5 Å². The number of carbonyl (C=O) groups excluding carboxylic acids is 3. The second-order valence-corrected chi connectivity index (χ2v) is 7.80. The van der Waals surface area contributed by atoms with Gasteiger partial charge in [0.15, 0.2) is 6.61 Å². The number of hydrogen-bond acceptors (Lipinski definition) is 4. The molecule has 0 heterocycles. The Labute approximate surface area is 188 Å². The van der Waals surface area contributed by atoms with Crippen LogP contribution in [0.3, 0.4) is 0 Å². The van der Waals surface area contributed by atoms with E-state index < -0.39 is 47.9 Å². The highest BCUT2D eigenvalue weighted by molar-refractivity contribution is 6.30. The normalized spacial score (nSPS) is 12.2. The van der Waals surface area contributed by atoms with Crippen LogP contribution in [-0.4, -0.2) is 30.4 Å². The third kappa shape index (κ3) is 7.56. The molecule has 32 heavy (non-hydrogen) atoms. The number of halogens is 4. The first-order valence-electron chi connectivity index (χ1n) is 9.66. The van der Waals surface area contributed by atoms with Gasteiger partial charge in [0.2, 0.25) is 0 Å². The molecule has 1 unspecified atom stereocenters. The molecule has 0 bridgehead atoms. The minimum absolute atomic E-state index is 0.00515. The van der Waals surface area contributed by atoms with E-state index in [1.165, 1.54) is 36.4 Å². The summed E-state index contributed by atoms with van der Waals surface area (Å²) in [6.07, 6.45) is -4.43. The molecular formula is C22H22ClF3N2O4. The van der Waals surface area contributed by atoms with Gasteiger partial charge >= 0.3 is 12.1 Å². The zero-order chi connectivity index (χ0) is 23.9. The monoisotopic (exact) mass is 470 g/mol. The number of nitrogens with one attached hydrogen (secondary N) is 2. The SMILES string of the molecule is CC(C)CC(NC(=O)c1ccc(Cl)cc1)C(=O)OCC(=O)Nc1ccccc1C(F)(F)F. The molecule has 2 aromatic rings. The third-order valence-electron chi connectivity index (χ3n) is 4.26. The molecule has 0 radical (unpaired) electrons. The van der Waals surface area contributed by atoms with Crippen LogP contribution in [0.2, 0.25) is 5.02 Å². The average Bonchev–Trinajstić information content (AvgIpc) is 2.71. The van der Waals surface area contributed by atoms with Gasteiger partial charge in [-0.3, -0.25) is 9.59 Å². The lowest BCUT2D eigenvalue weighted by Crippen LogP contribution is -2.43. The first-order chi connectivity index (χ1) is 15.0. The van der Waals surface area contributed by atoms with E-state index in [1.54, 1.807) is 0 Å². The fourth-order valence-corrected chi connectivity index (χ4v) is 2.92. The maximum absolute atomic E-state index is 13.0. The van der Waals surface area contributed by atoms with Crippen LogP contribution in [0.15, 0.2) is 48.5 Å². The minimum atomic E-state index is -4.66. The van der Waals surface area contributed by atoms with Gasteiger partial charge in [-0.1, -0.05) is 37.6 Å². The van der Waals surface area contributed by atoms with Crippen molar-refractivity contribution in [3.63, 3.8) is 0 Å². The third-order valence-corrected chi connectivity index (χ3v) is 4.51. The predicted molar refractivity (Wildman–Crippen MR) is 113 cm³/mol. The van der Waals surface area contributed by atoms with Crippen LogP contribution in [0.25, 0.3) is 0 Å². The molecule has 0 spiro atoms. The van der Waals surface area contributed by atoms with Crippen molar-refractivity contribution in [1.29, 1.82) is 0 Å². The number of para-hydroxylation sites is 1. The lowest BCUT2D eigenvalue weighted by atomic mass is 10.0. The van der Waals surface area contributed by atoms with Crippen molar-refractivity contribution in [2.75, 3.05) is 11.9 Å². The molecule has 2 amide bonds. The highest BCUT2D eigenvalue weighted by atomic mass is 35.5. The van der Waals surface area contributed by atoms with E-state index in [2.05, 4.69) is 10.6 Å². The minimum Gasteiger partial charge on any atom is -0.454 e. The molecule has 10 heteroatoms. The van der Waals surface area contributed by atoms with Gasteiger partial charge in [-0.25, -0.2) is 4.79 Å². The van der Waals surface area contributed by atoms with Crippen molar-refractivity contribution in [2.24, 2.45) is 5.92 Å². The second-order valence-electron chi connectivity index (χ2n) is 7.36. The first-order valence-corrected chi connectivity index (χ1v) is 10.0. The van der Waals surface area contributed by atoms with Crippen LogP contribution in [-0.2, 0) is 20.5 Å². The maximum atomic E-state index is 13.0. The number of esters is 1. The highest BCUT2D eigenvalue weighted by Gasteiger charge is 2.33. The fraction of sp³-hybridized carbons (Fsp3) is 0.318. The summed E-state index contributed by atoms with van der Waals surface area (Å²) in [6, 6.07) is 9.42. The predicted octanol–water partition coefficient (Wildman–Crippen LogP) is 4.69. The Bertz CT molecular complexity index is 962. The molecule has 2 rings (SSSR count). The van der Waals surface area contributed by atoms with Gasteiger partial charge in [0, 0.05) is 10.6 Å². The summed E-state index contributed by atoms with van der Waals surface area (Å²) in [5, 5.41) is 5.08. The number of carbonyl (C=O) groups is 3. The van der Waals surface area contributed by atoms with E-state index in [4.69, 9.17) is 16.3 Å². The number of alkyl halides is 3. The standard InChI is InChI=1S/C22H22ClF3N2O4/c1-13(2)11-18(28-20(30)14-7-9-15(23)10-8-14)21(31)32-12-19(29)27-17-6-4-3-5-16(17)22(24,25)26/h3-10,13,18H,11-12H2,1-2H3,(H,27,29)(H,28,30). The van der Waals surface area contributed by atoms with Crippen molar-refractivity contribution in [3.8, 4) is 0 Å². The lowest BCUT2D eigenvalue weighted by Gasteiger charge is -2.19. The molecule has 0 saturated heterocycles. The summed E-state index contributed by atoms with van der Waals surface area (Å²) in [4.78, 5) is 36.9. The molecule has 0 aliphatic heterocycles. The fourth-order valence-electron chi connectivity index (χ4n) is 2.79. The average molecular weight is 471 g/mol. The van der Waals surface area contributed by atoms with E-state index >= 15 is 0 Å². The molecule has 6 nitrogen and oxygen atoms in total. The molecule has 2 N–H and O–H groups in total. The first kappa shape index (κ1) is 25.2. The Morgan fingerprint density at radius 3 is 2.25 bits per heavy atom. The summed E-state index contributed by atoms with van der Waals surface area (Å²) in [5.74, 6) is -2.35. The zero-order valence-corrected chi connectivity index (χ0v) is 18.1. The van der Waals surface area contributed by atoms with E-state index in [9.17, 15) is 27.6 Å². The number of hydrogen-bond donors (Lipinski definition) is 2. The van der Waals surface area contributed by atoms with E-state index in [1.807, 2.05) is 13.8 Å². The summed E-state index contributed by atoms with van der Waals surface area (Å²) in [6.45, 7) is 2.85. The molecule has 1 atom stereocenters. The summed E-state index contributed by atoms with van der Waals surface area (Å²) in [7, 11) is 0. The second kappa shape index (κ2) is 11.0. The van der Waals surface area contributed by atoms with Gasteiger partial charge < -0.3 is 15.4 Å². The van der Waals surface area contributed by atoms with Crippen LogP contribution in [0.4, 0.5) is 18.9 Å². The van der Waals surface area contributed by atoms with Crippen LogP contribution >= 0.6 is 11.6 Å². The number of anilines is 1. The van der Waals surface area contributed by atoms with E-state index in [0.29, 0.717) is 5.02 Å². The van der Waals surface area contributed by atoms with Crippen molar-refractivity contribution < 1.29 is 32.3 Å². The van der Waals surface area contributed by atoms with Crippen LogP contribution in [0, 0.1) is 5.92 Å². The highest BCUT2D eigenvalue weighted by Crippen LogP contribution is 2.34. The lowest BCUT2D eigenvalue weighted by molar-refractivity contribution is -0.149.